The van der Waals surface area contributed by atoms with Gasteiger partial charge in [-0.25, -0.2) is 13.2 Å². The Morgan fingerprint density at radius 3 is 2.50 bits per heavy atom. The Morgan fingerprint density at radius 2 is 1.88 bits per heavy atom. The molecule has 170 valence electrons. The van der Waals surface area contributed by atoms with E-state index >= 15 is 0 Å². The molecule has 1 aromatic carbocycles. The standard InChI is InChI=1S/C13H14F4O.C9H7N3O2/c1-18-12-9(2-3-10(14)11(12)15)8-4-6-13(16,17)7-5-8;10-9(14)8-7-5(1-3-12-8)11-4-2-6(7)13/h2-3,8H,4-7H2,1H3;1-4H,(H2,10,14)(H,11,13). The maximum absolute atomic E-state index is 13.5. The van der Waals surface area contributed by atoms with Gasteiger partial charge in [0.1, 0.15) is 5.69 Å². The van der Waals surface area contributed by atoms with E-state index in [1.807, 2.05) is 0 Å². The van der Waals surface area contributed by atoms with Gasteiger partial charge in [-0.15, -0.1) is 0 Å². The number of rotatable bonds is 3. The van der Waals surface area contributed by atoms with Gasteiger partial charge in [-0.05, 0) is 30.9 Å². The average Bonchev–Trinajstić information content (AvgIpc) is 2.76. The number of H-pyrrole nitrogens is 1. The predicted octanol–water partition coefficient (Wildman–Crippen LogP) is 4.29. The molecule has 0 atom stereocenters. The van der Waals surface area contributed by atoms with Crippen LogP contribution in [0.15, 0.2) is 41.5 Å². The summed E-state index contributed by atoms with van der Waals surface area (Å²) < 4.78 is 57.6. The van der Waals surface area contributed by atoms with Crippen molar-refractivity contribution in [2.75, 3.05) is 7.11 Å². The minimum Gasteiger partial charge on any atom is -0.493 e. The van der Waals surface area contributed by atoms with Crippen molar-refractivity contribution >= 4 is 16.8 Å². The number of primary amides is 1. The monoisotopic (exact) mass is 451 g/mol. The number of nitrogens with two attached hydrogens (primary N) is 1. The number of amides is 1. The number of carbonyl (C=O) groups is 1. The van der Waals surface area contributed by atoms with Crippen molar-refractivity contribution in [2.24, 2.45) is 5.73 Å². The summed E-state index contributed by atoms with van der Waals surface area (Å²) in [5.41, 5.74) is 5.87. The molecule has 10 heteroatoms. The van der Waals surface area contributed by atoms with Crippen LogP contribution in [0.5, 0.6) is 5.75 Å². The highest BCUT2D eigenvalue weighted by atomic mass is 19.3. The summed E-state index contributed by atoms with van der Waals surface area (Å²) in [5.74, 6) is -5.74. The molecule has 0 saturated heterocycles. The molecular formula is C22H21F4N3O3. The first-order valence-corrected chi connectivity index (χ1v) is 9.80. The molecule has 0 bridgehead atoms. The predicted molar refractivity (Wildman–Crippen MR) is 110 cm³/mol. The number of fused-ring (bicyclic) bond motifs is 1. The van der Waals surface area contributed by atoms with Crippen molar-refractivity contribution < 1.29 is 27.1 Å². The second-order valence-electron chi connectivity index (χ2n) is 7.40. The molecule has 2 aromatic heterocycles. The van der Waals surface area contributed by atoms with Crippen molar-refractivity contribution in [3.05, 3.63) is 69.8 Å². The maximum atomic E-state index is 13.5. The summed E-state index contributed by atoms with van der Waals surface area (Å²) in [5, 5.41) is 0.238. The first-order valence-electron chi connectivity index (χ1n) is 9.80. The first-order chi connectivity index (χ1) is 15.1. The molecule has 4 rings (SSSR count). The molecule has 0 spiro atoms. The molecule has 32 heavy (non-hydrogen) atoms. The summed E-state index contributed by atoms with van der Waals surface area (Å²) in [4.78, 5) is 29.0. The van der Waals surface area contributed by atoms with Crippen LogP contribution < -0.4 is 15.9 Å². The lowest BCUT2D eigenvalue weighted by atomic mass is 9.82. The molecular weight excluding hydrogens is 430 g/mol. The van der Waals surface area contributed by atoms with E-state index in [1.165, 1.54) is 31.6 Å². The lowest BCUT2D eigenvalue weighted by Gasteiger charge is -2.29. The Labute approximate surface area is 180 Å². The van der Waals surface area contributed by atoms with E-state index in [9.17, 15) is 27.2 Å². The van der Waals surface area contributed by atoms with Crippen LogP contribution in [0.2, 0.25) is 0 Å². The van der Waals surface area contributed by atoms with Crippen LogP contribution in [0.4, 0.5) is 17.6 Å². The number of nitrogens with zero attached hydrogens (tertiary/aromatic N) is 1. The quantitative estimate of drug-likeness (QED) is 0.581. The second-order valence-corrected chi connectivity index (χ2v) is 7.40. The van der Waals surface area contributed by atoms with Crippen LogP contribution in [0.25, 0.3) is 10.9 Å². The molecule has 0 radical (unpaired) electrons. The summed E-state index contributed by atoms with van der Waals surface area (Å²) >= 11 is 0. The van der Waals surface area contributed by atoms with E-state index in [0.29, 0.717) is 11.1 Å². The fraction of sp³-hybridized carbons (Fsp3) is 0.318. The van der Waals surface area contributed by atoms with Crippen LogP contribution in [0.3, 0.4) is 0 Å². The smallest absolute Gasteiger partial charge is 0.268 e. The molecule has 1 aliphatic rings. The number of carbonyl (C=O) groups excluding carboxylic acids is 1. The number of pyridine rings is 2. The zero-order chi connectivity index (χ0) is 23.5. The van der Waals surface area contributed by atoms with Crippen LogP contribution in [-0.4, -0.2) is 28.9 Å². The highest BCUT2D eigenvalue weighted by Crippen LogP contribution is 2.44. The SMILES string of the molecule is COc1c(C2CCC(F)(F)CC2)ccc(F)c1F.NC(=O)c1nccc2[nH]ccc(=O)c12. The maximum Gasteiger partial charge on any atom is 0.268 e. The van der Waals surface area contributed by atoms with Gasteiger partial charge in [0.2, 0.25) is 11.7 Å². The lowest BCUT2D eigenvalue weighted by molar-refractivity contribution is -0.0383. The number of benzene rings is 1. The van der Waals surface area contributed by atoms with E-state index in [1.54, 1.807) is 6.07 Å². The molecule has 1 fully saturated rings. The van der Waals surface area contributed by atoms with Gasteiger partial charge in [-0.3, -0.25) is 14.6 Å². The lowest BCUT2D eigenvalue weighted by Crippen LogP contribution is -2.24. The zero-order valence-electron chi connectivity index (χ0n) is 17.1. The van der Waals surface area contributed by atoms with Crippen LogP contribution in [-0.2, 0) is 0 Å². The van der Waals surface area contributed by atoms with Crippen LogP contribution >= 0.6 is 0 Å². The molecule has 1 saturated carbocycles. The number of methoxy groups -OCH3 is 1. The Balaban J connectivity index is 0.000000186. The van der Waals surface area contributed by atoms with E-state index in [4.69, 9.17) is 10.5 Å². The third-order valence-electron chi connectivity index (χ3n) is 5.35. The molecule has 6 nitrogen and oxygen atoms in total. The molecule has 1 amide bonds. The summed E-state index contributed by atoms with van der Waals surface area (Å²) in [6, 6.07) is 5.38. The number of alkyl halides is 2. The fourth-order valence-corrected chi connectivity index (χ4v) is 3.74. The summed E-state index contributed by atoms with van der Waals surface area (Å²) in [7, 11) is 1.25. The number of aromatic nitrogens is 2. The third kappa shape index (κ3) is 4.90. The zero-order valence-corrected chi connectivity index (χ0v) is 17.1. The molecule has 0 aliphatic heterocycles. The van der Waals surface area contributed by atoms with Gasteiger partial charge >= 0.3 is 0 Å². The number of aromatic amines is 1. The Morgan fingerprint density at radius 1 is 1.19 bits per heavy atom. The summed E-state index contributed by atoms with van der Waals surface area (Å²) in [6.07, 6.45) is 3.01. The molecule has 3 N–H and O–H groups in total. The van der Waals surface area contributed by atoms with Crippen molar-refractivity contribution in [3.8, 4) is 5.75 Å². The summed E-state index contributed by atoms with van der Waals surface area (Å²) in [6.45, 7) is 0. The second kappa shape index (κ2) is 9.37. The van der Waals surface area contributed by atoms with E-state index < -0.39 is 23.5 Å². The topological polar surface area (TPSA) is 98.1 Å². The van der Waals surface area contributed by atoms with E-state index in [-0.39, 0.29) is 53.9 Å². The Kier molecular flexibility index (Phi) is 6.81. The van der Waals surface area contributed by atoms with Gasteiger partial charge in [0.25, 0.3) is 5.91 Å². The molecule has 0 unspecified atom stereocenters. The highest BCUT2D eigenvalue weighted by molar-refractivity contribution is 6.03. The van der Waals surface area contributed by atoms with Crippen molar-refractivity contribution in [3.63, 3.8) is 0 Å². The van der Waals surface area contributed by atoms with E-state index in [2.05, 4.69) is 9.97 Å². The fourth-order valence-electron chi connectivity index (χ4n) is 3.74. The van der Waals surface area contributed by atoms with Gasteiger partial charge in [0.15, 0.2) is 17.0 Å². The Bertz CT molecular complexity index is 1180. The minimum absolute atomic E-state index is 0.00403. The van der Waals surface area contributed by atoms with Gasteiger partial charge in [-0.1, -0.05) is 6.07 Å². The average molecular weight is 451 g/mol. The molecule has 3 aromatic rings. The molecule has 1 aliphatic carbocycles. The normalized spacial score (nSPS) is 15.7. The van der Waals surface area contributed by atoms with Crippen LogP contribution in [0.1, 0.15) is 47.7 Å². The van der Waals surface area contributed by atoms with Gasteiger partial charge < -0.3 is 15.5 Å². The van der Waals surface area contributed by atoms with Crippen molar-refractivity contribution in [1.29, 1.82) is 0 Å². The number of hydrogen-bond donors (Lipinski definition) is 2. The van der Waals surface area contributed by atoms with Gasteiger partial charge in [-0.2, -0.15) is 4.39 Å². The molecule has 2 heterocycles. The minimum atomic E-state index is -2.64. The van der Waals surface area contributed by atoms with Crippen LogP contribution in [0, 0.1) is 11.6 Å². The largest absolute Gasteiger partial charge is 0.493 e. The number of ether oxygens (including phenoxy) is 1. The first kappa shape index (κ1) is 23.2. The highest BCUT2D eigenvalue weighted by Gasteiger charge is 2.36. The number of nitrogens with one attached hydrogen (secondary N) is 1. The number of hydrogen-bond acceptors (Lipinski definition) is 4. The van der Waals surface area contributed by atoms with Crippen molar-refractivity contribution in [1.82, 2.24) is 9.97 Å². The van der Waals surface area contributed by atoms with Gasteiger partial charge in [0.05, 0.1) is 18.0 Å². The third-order valence-corrected chi connectivity index (χ3v) is 5.35. The van der Waals surface area contributed by atoms with E-state index in [0.717, 1.165) is 6.07 Å². The van der Waals surface area contributed by atoms with Crippen molar-refractivity contribution in [2.45, 2.75) is 37.5 Å². The Hall–Kier alpha value is -3.43. The van der Waals surface area contributed by atoms with Gasteiger partial charge in [0, 0.05) is 36.9 Å². The number of halogens is 4.